The van der Waals surface area contributed by atoms with Gasteiger partial charge in [-0.3, -0.25) is 5.41 Å². The minimum Gasteiger partial charge on any atom is -0.399 e. The quantitative estimate of drug-likeness (QED) is 0.694. The van der Waals surface area contributed by atoms with Gasteiger partial charge in [0.2, 0.25) is 0 Å². The fourth-order valence-electron chi connectivity index (χ4n) is 3.39. The molecule has 0 fully saturated rings. The van der Waals surface area contributed by atoms with E-state index >= 15 is 0 Å². The van der Waals surface area contributed by atoms with E-state index in [4.69, 9.17) is 11.1 Å². The van der Waals surface area contributed by atoms with Crippen molar-refractivity contribution in [1.29, 1.82) is 5.41 Å². The summed E-state index contributed by atoms with van der Waals surface area (Å²) in [4.78, 5) is 0. The first-order chi connectivity index (χ1) is 11.2. The van der Waals surface area contributed by atoms with Crippen molar-refractivity contribution >= 4 is 5.69 Å². The van der Waals surface area contributed by atoms with Gasteiger partial charge in [-0.15, -0.1) is 0 Å². The third-order valence-electron chi connectivity index (χ3n) is 4.53. The number of nitrogens with one attached hydrogen (secondary N) is 1. The molecule has 114 valence electrons. The molecule has 1 aliphatic heterocycles. The summed E-state index contributed by atoms with van der Waals surface area (Å²) >= 11 is 0. The molecule has 23 heavy (non-hydrogen) atoms. The van der Waals surface area contributed by atoms with Gasteiger partial charge in [-0.1, -0.05) is 42.5 Å². The van der Waals surface area contributed by atoms with Gasteiger partial charge in [-0.2, -0.15) is 0 Å². The van der Waals surface area contributed by atoms with E-state index in [2.05, 4.69) is 22.8 Å². The number of aromatic nitrogens is 1. The van der Waals surface area contributed by atoms with E-state index in [1.165, 1.54) is 5.69 Å². The number of rotatable bonds is 2. The van der Waals surface area contributed by atoms with E-state index in [0.717, 1.165) is 47.3 Å². The van der Waals surface area contributed by atoms with Crippen LogP contribution in [0.3, 0.4) is 0 Å². The first-order valence-electron chi connectivity index (χ1n) is 7.97. The van der Waals surface area contributed by atoms with E-state index in [-0.39, 0.29) is 0 Å². The van der Waals surface area contributed by atoms with Crippen LogP contribution in [-0.4, -0.2) is 4.57 Å². The molecule has 0 saturated heterocycles. The lowest BCUT2D eigenvalue weighted by molar-refractivity contribution is 0.702. The molecule has 0 amide bonds. The van der Waals surface area contributed by atoms with Crippen LogP contribution in [0.4, 0.5) is 5.69 Å². The summed E-state index contributed by atoms with van der Waals surface area (Å²) in [6, 6.07) is 20.4. The highest BCUT2D eigenvalue weighted by Crippen LogP contribution is 2.32. The Kier molecular flexibility index (Phi) is 3.27. The molecule has 0 unspecified atom stereocenters. The standard InChI is InChI=1S/C20H19N3/c21-16-10-8-15(9-11-16)19-18(14-5-2-1-3-6-14)13-17-7-4-12-23(17)20(19)22/h1-3,5-6,8-11,13,22H,4,7,12,21H2. The summed E-state index contributed by atoms with van der Waals surface area (Å²) in [6.07, 6.45) is 2.17. The van der Waals surface area contributed by atoms with E-state index in [0.29, 0.717) is 5.49 Å². The minimum atomic E-state index is 0.601. The maximum Gasteiger partial charge on any atom is 0.133 e. The number of aryl methyl sites for hydroxylation is 1. The van der Waals surface area contributed by atoms with Gasteiger partial charge in [0.1, 0.15) is 5.49 Å². The molecule has 1 aromatic heterocycles. The highest BCUT2D eigenvalue weighted by molar-refractivity contribution is 5.83. The molecule has 0 saturated carbocycles. The first-order valence-corrected chi connectivity index (χ1v) is 7.97. The highest BCUT2D eigenvalue weighted by Gasteiger charge is 2.18. The molecule has 3 N–H and O–H groups in total. The van der Waals surface area contributed by atoms with Crippen LogP contribution in [0.1, 0.15) is 12.1 Å². The van der Waals surface area contributed by atoms with Gasteiger partial charge >= 0.3 is 0 Å². The lowest BCUT2D eigenvalue weighted by atomic mass is 9.95. The Hall–Kier alpha value is -2.81. The average molecular weight is 301 g/mol. The zero-order chi connectivity index (χ0) is 15.8. The molecule has 1 aliphatic rings. The van der Waals surface area contributed by atoms with Crippen molar-refractivity contribution in [3.05, 3.63) is 71.8 Å². The molecule has 0 bridgehead atoms. The second-order valence-corrected chi connectivity index (χ2v) is 6.02. The summed E-state index contributed by atoms with van der Waals surface area (Å²) < 4.78 is 2.14. The lowest BCUT2D eigenvalue weighted by Gasteiger charge is -2.16. The number of benzene rings is 2. The molecule has 3 nitrogen and oxygen atoms in total. The molecule has 0 atom stereocenters. The second kappa shape index (κ2) is 5.43. The zero-order valence-corrected chi connectivity index (χ0v) is 12.9. The van der Waals surface area contributed by atoms with Gasteiger partial charge in [-0.05, 0) is 47.7 Å². The maximum atomic E-state index is 8.74. The van der Waals surface area contributed by atoms with E-state index in [1.807, 2.05) is 42.5 Å². The largest absolute Gasteiger partial charge is 0.399 e. The Balaban J connectivity index is 2.03. The number of nitrogens with zero attached hydrogens (tertiary/aromatic N) is 1. The Labute approximate surface area is 135 Å². The van der Waals surface area contributed by atoms with Crippen LogP contribution in [0.5, 0.6) is 0 Å². The van der Waals surface area contributed by atoms with Crippen LogP contribution in [0.25, 0.3) is 22.3 Å². The predicted molar refractivity (Wildman–Crippen MR) is 93.9 cm³/mol. The average Bonchev–Trinajstić information content (AvgIpc) is 3.06. The van der Waals surface area contributed by atoms with Crippen molar-refractivity contribution < 1.29 is 0 Å². The monoisotopic (exact) mass is 301 g/mol. The number of hydrogen-bond donors (Lipinski definition) is 2. The number of fused-ring (bicyclic) bond motifs is 1. The fraction of sp³-hybridized carbons (Fsp3) is 0.150. The lowest BCUT2D eigenvalue weighted by Crippen LogP contribution is -2.22. The number of nitrogens with two attached hydrogens (primary N) is 1. The molecule has 3 heteroatoms. The van der Waals surface area contributed by atoms with Crippen LogP contribution in [0.15, 0.2) is 60.7 Å². The molecule has 2 aromatic carbocycles. The Morgan fingerprint density at radius 1 is 0.913 bits per heavy atom. The van der Waals surface area contributed by atoms with Gasteiger partial charge in [-0.25, -0.2) is 0 Å². The maximum absolute atomic E-state index is 8.74. The fourth-order valence-corrected chi connectivity index (χ4v) is 3.39. The number of anilines is 1. The van der Waals surface area contributed by atoms with Crippen LogP contribution in [0, 0.1) is 5.41 Å². The van der Waals surface area contributed by atoms with Crippen LogP contribution >= 0.6 is 0 Å². The van der Waals surface area contributed by atoms with Gasteiger partial charge in [0.15, 0.2) is 0 Å². The van der Waals surface area contributed by atoms with Gasteiger partial charge < -0.3 is 10.3 Å². The number of pyridine rings is 1. The molecule has 3 aromatic rings. The first kappa shape index (κ1) is 13.8. The van der Waals surface area contributed by atoms with Gasteiger partial charge in [0.05, 0.1) is 0 Å². The van der Waals surface area contributed by atoms with Crippen molar-refractivity contribution in [2.75, 3.05) is 5.73 Å². The summed E-state index contributed by atoms with van der Waals surface area (Å²) in [5.74, 6) is 0. The van der Waals surface area contributed by atoms with Crippen molar-refractivity contribution in [2.24, 2.45) is 0 Å². The SMILES string of the molecule is N=c1c(-c2ccc(N)cc2)c(-c2ccccc2)cc2n1CCC2. The number of nitrogen functional groups attached to an aromatic ring is 1. The van der Waals surface area contributed by atoms with Crippen molar-refractivity contribution in [1.82, 2.24) is 4.57 Å². The van der Waals surface area contributed by atoms with Gasteiger partial charge in [0, 0.05) is 23.5 Å². The number of hydrogen-bond acceptors (Lipinski definition) is 2. The molecular formula is C20H19N3. The second-order valence-electron chi connectivity index (χ2n) is 6.02. The Morgan fingerprint density at radius 3 is 2.39 bits per heavy atom. The molecular weight excluding hydrogens is 282 g/mol. The van der Waals surface area contributed by atoms with Crippen molar-refractivity contribution in [3.8, 4) is 22.3 Å². The summed E-state index contributed by atoms with van der Waals surface area (Å²) in [6.45, 7) is 0.936. The van der Waals surface area contributed by atoms with E-state index in [9.17, 15) is 0 Å². The smallest absolute Gasteiger partial charge is 0.133 e. The molecule has 0 spiro atoms. The summed E-state index contributed by atoms with van der Waals surface area (Å²) in [7, 11) is 0. The Bertz CT molecular complexity index is 906. The van der Waals surface area contributed by atoms with Gasteiger partial charge in [0.25, 0.3) is 0 Å². The van der Waals surface area contributed by atoms with Crippen LogP contribution in [0.2, 0.25) is 0 Å². The van der Waals surface area contributed by atoms with Crippen LogP contribution in [-0.2, 0) is 13.0 Å². The molecule has 2 heterocycles. The molecule has 4 rings (SSSR count). The third-order valence-corrected chi connectivity index (χ3v) is 4.53. The van der Waals surface area contributed by atoms with E-state index < -0.39 is 0 Å². The van der Waals surface area contributed by atoms with Crippen LogP contribution < -0.4 is 11.2 Å². The minimum absolute atomic E-state index is 0.601. The van der Waals surface area contributed by atoms with Crippen molar-refractivity contribution in [3.63, 3.8) is 0 Å². The molecule has 0 aliphatic carbocycles. The summed E-state index contributed by atoms with van der Waals surface area (Å²) in [5, 5.41) is 8.74. The Morgan fingerprint density at radius 2 is 1.65 bits per heavy atom. The normalized spacial score (nSPS) is 13.0. The topological polar surface area (TPSA) is 54.8 Å². The zero-order valence-electron chi connectivity index (χ0n) is 12.9. The van der Waals surface area contributed by atoms with Crippen molar-refractivity contribution in [2.45, 2.75) is 19.4 Å². The third kappa shape index (κ3) is 2.34. The predicted octanol–water partition coefficient (Wildman–Crippen LogP) is 3.83. The highest BCUT2D eigenvalue weighted by atomic mass is 15.0. The summed E-state index contributed by atoms with van der Waals surface area (Å²) in [5.41, 5.74) is 12.8. The van der Waals surface area contributed by atoms with E-state index in [1.54, 1.807) is 0 Å². The molecule has 0 radical (unpaired) electrons.